The molecule has 0 aliphatic rings. The molecule has 0 saturated heterocycles. The highest BCUT2D eigenvalue weighted by molar-refractivity contribution is 5.87. The number of aromatic nitrogens is 2. The number of carbonyl (C=O) groups excluding carboxylic acids is 2. The van der Waals surface area contributed by atoms with Crippen LogP contribution < -0.4 is 10.6 Å². The van der Waals surface area contributed by atoms with Crippen LogP contribution in [0.1, 0.15) is 32.0 Å². The van der Waals surface area contributed by atoms with E-state index in [-0.39, 0.29) is 17.7 Å². The lowest BCUT2D eigenvalue weighted by molar-refractivity contribution is -0.129. The first-order valence-electron chi connectivity index (χ1n) is 7.37. The molecule has 1 aromatic heterocycles. The van der Waals surface area contributed by atoms with Gasteiger partial charge < -0.3 is 10.6 Å². The molecule has 6 nitrogen and oxygen atoms in total. The molecule has 22 heavy (non-hydrogen) atoms. The zero-order chi connectivity index (χ0) is 16.3. The van der Waals surface area contributed by atoms with Gasteiger partial charge >= 0.3 is 0 Å². The van der Waals surface area contributed by atoms with Crippen LogP contribution in [0.15, 0.2) is 18.2 Å². The summed E-state index contributed by atoms with van der Waals surface area (Å²) in [6, 6.07) is 5.44. The van der Waals surface area contributed by atoms with Gasteiger partial charge in [0.05, 0.1) is 17.8 Å². The molecule has 2 amide bonds. The number of hydrogen-bond donors (Lipinski definition) is 3. The minimum absolute atomic E-state index is 0.0182. The van der Waals surface area contributed by atoms with Crippen LogP contribution in [-0.2, 0) is 16.1 Å². The number of nitrogens with one attached hydrogen (secondary N) is 3. The third-order valence-corrected chi connectivity index (χ3v) is 3.54. The predicted octanol–water partition coefficient (Wildman–Crippen LogP) is 1.65. The molecule has 118 valence electrons. The lowest BCUT2D eigenvalue weighted by Crippen LogP contribution is -2.48. The number of aromatic amines is 1. The fourth-order valence-corrected chi connectivity index (χ4v) is 2.35. The zero-order valence-corrected chi connectivity index (χ0v) is 13.4. The van der Waals surface area contributed by atoms with Crippen LogP contribution in [0.5, 0.6) is 0 Å². The van der Waals surface area contributed by atoms with E-state index < -0.39 is 6.04 Å². The Balaban J connectivity index is 2.08. The van der Waals surface area contributed by atoms with Crippen molar-refractivity contribution in [1.29, 1.82) is 0 Å². The highest BCUT2D eigenvalue weighted by Crippen LogP contribution is 2.17. The summed E-state index contributed by atoms with van der Waals surface area (Å²) in [6.45, 7) is 7.57. The van der Waals surface area contributed by atoms with Gasteiger partial charge in [0.15, 0.2) is 0 Å². The van der Waals surface area contributed by atoms with Crippen molar-refractivity contribution in [2.24, 2.45) is 5.92 Å². The van der Waals surface area contributed by atoms with E-state index in [0.29, 0.717) is 6.54 Å². The predicted molar refractivity (Wildman–Crippen MR) is 85.1 cm³/mol. The highest BCUT2D eigenvalue weighted by atomic mass is 16.2. The molecule has 2 rings (SSSR count). The third-order valence-electron chi connectivity index (χ3n) is 3.54. The van der Waals surface area contributed by atoms with Crippen molar-refractivity contribution >= 4 is 22.7 Å². The lowest BCUT2D eigenvalue weighted by Gasteiger charge is -2.20. The minimum Gasteiger partial charge on any atom is -0.349 e. The van der Waals surface area contributed by atoms with Crippen LogP contribution in [0, 0.1) is 12.8 Å². The van der Waals surface area contributed by atoms with Gasteiger partial charge in [-0.25, -0.2) is 0 Å². The van der Waals surface area contributed by atoms with Gasteiger partial charge in [-0.2, -0.15) is 5.10 Å². The van der Waals surface area contributed by atoms with Crippen molar-refractivity contribution in [2.75, 3.05) is 0 Å². The van der Waals surface area contributed by atoms with Crippen LogP contribution in [0.3, 0.4) is 0 Å². The summed E-state index contributed by atoms with van der Waals surface area (Å²) in [5, 5.41) is 13.7. The largest absolute Gasteiger partial charge is 0.349 e. The molecule has 0 saturated carbocycles. The Bertz CT molecular complexity index is 691. The van der Waals surface area contributed by atoms with E-state index >= 15 is 0 Å². The summed E-state index contributed by atoms with van der Waals surface area (Å²) < 4.78 is 0. The van der Waals surface area contributed by atoms with E-state index in [1.165, 1.54) is 6.92 Å². The summed E-state index contributed by atoms with van der Waals surface area (Å²) in [4.78, 5) is 23.5. The standard InChI is InChI=1S/C16H22N4O2/c1-9(2)15(18-11(4)21)16(22)17-8-14-12-7-10(3)5-6-13(12)19-20-14/h5-7,9,15H,8H2,1-4H3,(H,17,22)(H,18,21)(H,19,20). The molecule has 6 heteroatoms. The number of aryl methyl sites for hydroxylation is 1. The Morgan fingerprint density at radius 2 is 2.05 bits per heavy atom. The summed E-state index contributed by atoms with van der Waals surface area (Å²) in [5.41, 5.74) is 2.87. The van der Waals surface area contributed by atoms with Crippen molar-refractivity contribution < 1.29 is 9.59 Å². The molecule has 1 atom stereocenters. The maximum Gasteiger partial charge on any atom is 0.243 e. The van der Waals surface area contributed by atoms with E-state index in [9.17, 15) is 9.59 Å². The molecule has 3 N–H and O–H groups in total. The van der Waals surface area contributed by atoms with Gasteiger partial charge in [-0.15, -0.1) is 0 Å². The van der Waals surface area contributed by atoms with Crippen LogP contribution in [-0.4, -0.2) is 28.1 Å². The monoisotopic (exact) mass is 302 g/mol. The molecule has 0 fully saturated rings. The number of amides is 2. The SMILES string of the molecule is CC(=O)NC(C(=O)NCc1[nH]nc2ccc(C)cc12)C(C)C. The van der Waals surface area contributed by atoms with Crippen LogP contribution >= 0.6 is 0 Å². The van der Waals surface area contributed by atoms with Gasteiger partial charge in [0.25, 0.3) is 0 Å². The van der Waals surface area contributed by atoms with Crippen LogP contribution in [0.2, 0.25) is 0 Å². The third kappa shape index (κ3) is 3.63. The summed E-state index contributed by atoms with van der Waals surface area (Å²) >= 11 is 0. The number of fused-ring (bicyclic) bond motifs is 1. The second-order valence-corrected chi connectivity index (χ2v) is 5.86. The van der Waals surface area contributed by atoms with Gasteiger partial charge in [-0.05, 0) is 25.0 Å². The molecular weight excluding hydrogens is 280 g/mol. The fourth-order valence-electron chi connectivity index (χ4n) is 2.35. The van der Waals surface area contributed by atoms with Crippen molar-refractivity contribution in [3.8, 4) is 0 Å². The summed E-state index contributed by atoms with van der Waals surface area (Å²) in [6.07, 6.45) is 0. The van der Waals surface area contributed by atoms with Gasteiger partial charge in [0.2, 0.25) is 11.8 Å². The molecule has 0 aliphatic carbocycles. The minimum atomic E-state index is -0.534. The number of rotatable bonds is 5. The highest BCUT2D eigenvalue weighted by Gasteiger charge is 2.22. The van der Waals surface area contributed by atoms with E-state index in [2.05, 4.69) is 20.8 Å². The fraction of sp³-hybridized carbons (Fsp3) is 0.438. The number of benzene rings is 1. The van der Waals surface area contributed by atoms with Crippen molar-refractivity contribution in [3.63, 3.8) is 0 Å². The second kappa shape index (κ2) is 6.60. The van der Waals surface area contributed by atoms with E-state index in [4.69, 9.17) is 0 Å². The van der Waals surface area contributed by atoms with E-state index in [1.54, 1.807) is 0 Å². The Labute approximate surface area is 129 Å². The van der Waals surface area contributed by atoms with Gasteiger partial charge in [-0.1, -0.05) is 25.5 Å². The van der Waals surface area contributed by atoms with Crippen molar-refractivity contribution in [1.82, 2.24) is 20.8 Å². The smallest absolute Gasteiger partial charge is 0.243 e. The van der Waals surface area contributed by atoms with Crippen LogP contribution in [0.25, 0.3) is 10.9 Å². The first kappa shape index (κ1) is 16.0. The van der Waals surface area contributed by atoms with Gasteiger partial charge in [0, 0.05) is 12.3 Å². The number of nitrogens with zero attached hydrogens (tertiary/aromatic N) is 1. The first-order chi connectivity index (χ1) is 10.4. The van der Waals surface area contributed by atoms with Crippen molar-refractivity contribution in [3.05, 3.63) is 29.5 Å². The quantitative estimate of drug-likeness (QED) is 0.785. The molecule has 1 heterocycles. The Morgan fingerprint density at radius 1 is 1.32 bits per heavy atom. The van der Waals surface area contributed by atoms with E-state index in [1.807, 2.05) is 39.0 Å². The molecule has 0 radical (unpaired) electrons. The lowest BCUT2D eigenvalue weighted by atomic mass is 10.0. The normalized spacial score (nSPS) is 12.4. The number of hydrogen-bond acceptors (Lipinski definition) is 3. The second-order valence-electron chi connectivity index (χ2n) is 5.86. The molecule has 2 aromatic rings. The average molecular weight is 302 g/mol. The molecule has 1 unspecified atom stereocenters. The maximum absolute atomic E-state index is 12.3. The number of H-pyrrole nitrogens is 1. The first-order valence-corrected chi connectivity index (χ1v) is 7.37. The Kier molecular flexibility index (Phi) is 4.80. The van der Waals surface area contributed by atoms with Gasteiger partial charge in [-0.3, -0.25) is 14.7 Å². The number of carbonyl (C=O) groups is 2. The molecule has 0 aliphatic heterocycles. The van der Waals surface area contributed by atoms with Crippen molar-refractivity contribution in [2.45, 2.75) is 40.3 Å². The van der Waals surface area contributed by atoms with Crippen LogP contribution in [0.4, 0.5) is 0 Å². The maximum atomic E-state index is 12.3. The van der Waals surface area contributed by atoms with E-state index in [0.717, 1.165) is 22.2 Å². The van der Waals surface area contributed by atoms with Gasteiger partial charge in [0.1, 0.15) is 6.04 Å². The Hall–Kier alpha value is -2.37. The zero-order valence-electron chi connectivity index (χ0n) is 13.4. The molecule has 0 bridgehead atoms. The summed E-state index contributed by atoms with van der Waals surface area (Å²) in [5.74, 6) is -0.387. The Morgan fingerprint density at radius 3 is 2.68 bits per heavy atom. The topological polar surface area (TPSA) is 86.9 Å². The molecule has 1 aromatic carbocycles. The summed E-state index contributed by atoms with van der Waals surface area (Å²) in [7, 11) is 0. The average Bonchev–Trinajstić information content (AvgIpc) is 2.84. The molecule has 0 spiro atoms. The molecular formula is C16H22N4O2.